The van der Waals surface area contributed by atoms with Crippen LogP contribution < -0.4 is 25.4 Å². The van der Waals surface area contributed by atoms with Crippen LogP contribution in [0.1, 0.15) is 15.9 Å². The van der Waals surface area contributed by atoms with E-state index in [9.17, 15) is 9.59 Å². The molecule has 0 atom stereocenters. The van der Waals surface area contributed by atoms with Gasteiger partial charge in [0.15, 0.2) is 16.6 Å². The van der Waals surface area contributed by atoms with Crippen molar-refractivity contribution in [3.63, 3.8) is 0 Å². The summed E-state index contributed by atoms with van der Waals surface area (Å²) in [5, 5.41) is 9.08. The number of thiocarbonyl (C=S) groups is 1. The van der Waals surface area contributed by atoms with Crippen LogP contribution in [-0.4, -0.2) is 37.4 Å². The molecule has 28 heavy (non-hydrogen) atoms. The highest BCUT2D eigenvalue weighted by Crippen LogP contribution is 2.32. The van der Waals surface area contributed by atoms with E-state index in [2.05, 4.69) is 20.7 Å². The molecule has 3 rings (SSSR count). The van der Waals surface area contributed by atoms with Crippen LogP contribution in [-0.2, 0) is 16.1 Å². The topological polar surface area (TPSA) is 97.9 Å². The van der Waals surface area contributed by atoms with E-state index in [1.165, 1.54) is 7.11 Å². The highest BCUT2D eigenvalue weighted by Gasteiger charge is 2.13. The molecular weight excluding hydrogens is 382 g/mol. The Hall–Kier alpha value is -3.33. The molecule has 0 aromatic heterocycles. The van der Waals surface area contributed by atoms with Crippen LogP contribution >= 0.6 is 12.2 Å². The molecular formula is C19H19N3O5S. The Morgan fingerprint density at radius 2 is 1.82 bits per heavy atom. The van der Waals surface area contributed by atoms with E-state index in [0.29, 0.717) is 17.2 Å². The van der Waals surface area contributed by atoms with E-state index in [0.717, 1.165) is 22.7 Å². The van der Waals surface area contributed by atoms with E-state index in [4.69, 9.17) is 21.7 Å². The van der Waals surface area contributed by atoms with Crippen LogP contribution in [0.5, 0.6) is 11.5 Å². The molecule has 8 nitrogen and oxygen atoms in total. The Bertz CT molecular complexity index is 886. The molecule has 146 valence electrons. The third kappa shape index (κ3) is 5.10. The number of carbonyl (C=O) groups excluding carboxylic acids is 2. The minimum Gasteiger partial charge on any atom is -0.468 e. The summed E-state index contributed by atoms with van der Waals surface area (Å²) in [6.07, 6.45) is 0. The van der Waals surface area contributed by atoms with Crippen molar-refractivity contribution in [3.05, 3.63) is 53.6 Å². The van der Waals surface area contributed by atoms with Crippen molar-refractivity contribution in [2.24, 2.45) is 0 Å². The molecule has 0 fully saturated rings. The number of fused-ring (bicyclic) bond motifs is 1. The van der Waals surface area contributed by atoms with E-state index < -0.39 is 5.97 Å². The summed E-state index contributed by atoms with van der Waals surface area (Å²) in [7, 11) is 1.26. The van der Waals surface area contributed by atoms with Gasteiger partial charge in [-0.3, -0.25) is 9.59 Å². The molecule has 0 unspecified atom stereocenters. The van der Waals surface area contributed by atoms with E-state index in [1.54, 1.807) is 24.3 Å². The minimum absolute atomic E-state index is 0.177. The van der Waals surface area contributed by atoms with Gasteiger partial charge in [-0.2, -0.15) is 0 Å². The summed E-state index contributed by atoms with van der Waals surface area (Å²) in [6, 6.07) is 12.4. The van der Waals surface area contributed by atoms with Crippen molar-refractivity contribution in [2.45, 2.75) is 6.54 Å². The van der Waals surface area contributed by atoms with Gasteiger partial charge in [-0.05, 0) is 54.2 Å². The van der Waals surface area contributed by atoms with Crippen molar-refractivity contribution in [2.75, 3.05) is 25.8 Å². The largest absolute Gasteiger partial charge is 0.468 e. The van der Waals surface area contributed by atoms with Crippen molar-refractivity contribution < 1.29 is 23.8 Å². The number of benzene rings is 2. The van der Waals surface area contributed by atoms with Gasteiger partial charge < -0.3 is 30.2 Å². The van der Waals surface area contributed by atoms with Crippen LogP contribution in [0.25, 0.3) is 0 Å². The van der Waals surface area contributed by atoms with E-state index in [1.807, 2.05) is 18.2 Å². The SMILES string of the molecule is COC(=O)CNC(=O)c1ccc(NC(=S)NCc2ccc3c(c2)OCO3)cc1. The number of hydrogen-bond donors (Lipinski definition) is 3. The standard InChI is InChI=1S/C19H19N3O5S/c1-25-17(23)10-20-18(24)13-3-5-14(6-4-13)22-19(28)21-9-12-2-7-15-16(8-12)27-11-26-15/h2-8H,9-11H2,1H3,(H,20,24)(H2,21,22,28). The molecule has 0 radical (unpaired) electrons. The first-order valence-corrected chi connectivity index (χ1v) is 8.84. The average Bonchev–Trinajstić information content (AvgIpc) is 3.18. The highest BCUT2D eigenvalue weighted by atomic mass is 32.1. The Balaban J connectivity index is 1.47. The Morgan fingerprint density at radius 1 is 1.07 bits per heavy atom. The molecule has 3 N–H and O–H groups in total. The molecule has 2 aromatic rings. The van der Waals surface area contributed by atoms with Crippen molar-refractivity contribution in [3.8, 4) is 11.5 Å². The van der Waals surface area contributed by atoms with Gasteiger partial charge in [-0.25, -0.2) is 0 Å². The maximum Gasteiger partial charge on any atom is 0.325 e. The third-order valence-electron chi connectivity index (χ3n) is 3.92. The number of esters is 1. The minimum atomic E-state index is -0.509. The summed E-state index contributed by atoms with van der Waals surface area (Å²) in [4.78, 5) is 23.0. The zero-order chi connectivity index (χ0) is 19.9. The van der Waals surface area contributed by atoms with Gasteiger partial charge in [-0.1, -0.05) is 6.07 Å². The van der Waals surface area contributed by atoms with Crippen molar-refractivity contribution in [1.29, 1.82) is 0 Å². The van der Waals surface area contributed by atoms with Gasteiger partial charge in [-0.15, -0.1) is 0 Å². The lowest BCUT2D eigenvalue weighted by molar-refractivity contribution is -0.139. The summed E-state index contributed by atoms with van der Waals surface area (Å²) in [5.74, 6) is 0.588. The number of carbonyl (C=O) groups is 2. The van der Waals surface area contributed by atoms with Gasteiger partial charge >= 0.3 is 5.97 Å². The smallest absolute Gasteiger partial charge is 0.325 e. The maximum atomic E-state index is 11.9. The van der Waals surface area contributed by atoms with Gasteiger partial charge in [0.05, 0.1) is 7.11 Å². The summed E-state index contributed by atoms with van der Waals surface area (Å²) >= 11 is 5.29. The number of rotatable bonds is 6. The van der Waals surface area contributed by atoms with Gasteiger partial charge in [0.1, 0.15) is 6.54 Å². The molecule has 1 aliphatic rings. The molecule has 1 amide bonds. The molecule has 0 aliphatic carbocycles. The Kier molecular flexibility index (Phi) is 6.28. The normalized spacial score (nSPS) is 11.5. The number of methoxy groups -OCH3 is 1. The second-order valence-corrected chi connectivity index (χ2v) is 6.24. The third-order valence-corrected chi connectivity index (χ3v) is 4.16. The second kappa shape index (κ2) is 9.05. The zero-order valence-electron chi connectivity index (χ0n) is 15.1. The molecule has 0 spiro atoms. The molecule has 0 saturated carbocycles. The first kappa shape index (κ1) is 19.4. The molecule has 2 aromatic carbocycles. The van der Waals surface area contributed by atoms with Crippen molar-refractivity contribution >= 4 is 34.9 Å². The number of nitrogens with one attached hydrogen (secondary N) is 3. The predicted molar refractivity (Wildman–Crippen MR) is 106 cm³/mol. The van der Waals surface area contributed by atoms with E-state index >= 15 is 0 Å². The lowest BCUT2D eigenvalue weighted by Crippen LogP contribution is -2.30. The van der Waals surface area contributed by atoms with Crippen molar-refractivity contribution in [1.82, 2.24) is 10.6 Å². The first-order chi connectivity index (χ1) is 13.5. The van der Waals surface area contributed by atoms with Gasteiger partial charge in [0.25, 0.3) is 5.91 Å². The summed E-state index contributed by atoms with van der Waals surface area (Å²) in [5.41, 5.74) is 2.16. The molecule has 1 heterocycles. The number of anilines is 1. The lowest BCUT2D eigenvalue weighted by atomic mass is 10.2. The number of amides is 1. The van der Waals surface area contributed by atoms with Crippen LogP contribution in [0, 0.1) is 0 Å². The summed E-state index contributed by atoms with van der Waals surface area (Å²) < 4.78 is 15.1. The summed E-state index contributed by atoms with van der Waals surface area (Å²) in [6.45, 7) is 0.586. The highest BCUT2D eigenvalue weighted by molar-refractivity contribution is 7.80. The molecule has 9 heteroatoms. The Morgan fingerprint density at radius 3 is 2.57 bits per heavy atom. The van der Waals surface area contributed by atoms with Crippen LogP contribution in [0.3, 0.4) is 0 Å². The number of hydrogen-bond acceptors (Lipinski definition) is 6. The zero-order valence-corrected chi connectivity index (χ0v) is 15.9. The van der Waals surface area contributed by atoms with Crippen LogP contribution in [0.4, 0.5) is 5.69 Å². The number of ether oxygens (including phenoxy) is 3. The fourth-order valence-electron chi connectivity index (χ4n) is 2.44. The van der Waals surface area contributed by atoms with Gasteiger partial charge in [0, 0.05) is 17.8 Å². The quantitative estimate of drug-likeness (QED) is 0.498. The molecule has 1 aliphatic heterocycles. The average molecular weight is 401 g/mol. The predicted octanol–water partition coefficient (Wildman–Crippen LogP) is 1.80. The van der Waals surface area contributed by atoms with Crippen LogP contribution in [0.2, 0.25) is 0 Å². The fraction of sp³-hybridized carbons (Fsp3) is 0.211. The van der Waals surface area contributed by atoms with E-state index in [-0.39, 0.29) is 19.2 Å². The monoisotopic (exact) mass is 401 g/mol. The first-order valence-electron chi connectivity index (χ1n) is 8.43. The molecule has 0 bridgehead atoms. The Labute approximate surface area is 167 Å². The fourth-order valence-corrected chi connectivity index (χ4v) is 2.63. The lowest BCUT2D eigenvalue weighted by Gasteiger charge is -2.11. The second-order valence-electron chi connectivity index (χ2n) is 5.83. The maximum absolute atomic E-state index is 11.9. The van der Waals surface area contributed by atoms with Gasteiger partial charge in [0.2, 0.25) is 6.79 Å². The molecule has 0 saturated heterocycles. The van der Waals surface area contributed by atoms with Crippen LogP contribution in [0.15, 0.2) is 42.5 Å².